The number of allylic oxidation sites excluding steroid dienone is 6. The number of carbonyl (C=O) groups excluding carboxylic acids is 2. The van der Waals surface area contributed by atoms with Crippen LogP contribution >= 0.6 is 7.82 Å². The van der Waals surface area contributed by atoms with E-state index in [0.717, 1.165) is 51.4 Å². The molecule has 0 saturated carbocycles. The Bertz CT molecular complexity index is 1390. The third-order valence-corrected chi connectivity index (χ3v) is 16.5. The molecule has 0 aliphatic carbocycles. The normalized spacial score (nSPS) is 13.1. The van der Waals surface area contributed by atoms with Gasteiger partial charge in [-0.25, -0.2) is 4.57 Å². The lowest BCUT2D eigenvalue weighted by Gasteiger charge is -2.19. The fourth-order valence-electron chi connectivity index (χ4n) is 10.4. The second-order valence-electron chi connectivity index (χ2n) is 23.4. The molecule has 0 aliphatic heterocycles. The summed E-state index contributed by atoms with van der Waals surface area (Å²) < 4.78 is 33.1. The molecule has 0 radical (unpaired) electrons. The van der Waals surface area contributed by atoms with Crippen molar-refractivity contribution in [1.29, 1.82) is 0 Å². The molecule has 0 bridgehead atoms. The Kier molecular flexibility index (Phi) is 63.9. The minimum absolute atomic E-state index is 0.0543. The second-order valence-corrected chi connectivity index (χ2v) is 24.8. The molecule has 10 heteroatoms. The Balaban J connectivity index is 3.78. The Morgan fingerprint density at radius 3 is 0.975 bits per heavy atom. The summed E-state index contributed by atoms with van der Waals surface area (Å²) in [6.07, 6.45) is 81.1. The first-order valence-electron chi connectivity index (χ1n) is 34.5. The van der Waals surface area contributed by atoms with Crippen molar-refractivity contribution in [2.45, 2.75) is 367 Å². The molecule has 9 nitrogen and oxygen atoms in total. The zero-order chi connectivity index (χ0) is 57.3. The van der Waals surface area contributed by atoms with Gasteiger partial charge in [0.2, 0.25) is 0 Å². The van der Waals surface area contributed by atoms with Gasteiger partial charge < -0.3 is 20.1 Å². The number of phosphoric ester groups is 1. The average Bonchev–Trinajstić information content (AvgIpc) is 3.44. The molecule has 79 heavy (non-hydrogen) atoms. The molecular weight excluding hydrogens is 1000 g/mol. The van der Waals surface area contributed by atoms with Gasteiger partial charge in [0, 0.05) is 19.4 Å². The van der Waals surface area contributed by atoms with Crippen molar-refractivity contribution >= 4 is 19.8 Å². The quantitative estimate of drug-likeness (QED) is 0.0264. The molecule has 0 amide bonds. The predicted molar refractivity (Wildman–Crippen MR) is 340 cm³/mol. The summed E-state index contributed by atoms with van der Waals surface area (Å²) in [6, 6.07) is 0. The highest BCUT2D eigenvalue weighted by molar-refractivity contribution is 7.47. The Hall–Kier alpha value is -1.77. The van der Waals surface area contributed by atoms with Crippen LogP contribution in [-0.4, -0.2) is 49.3 Å². The van der Waals surface area contributed by atoms with Gasteiger partial charge in [-0.15, -0.1) is 0 Å². The minimum Gasteiger partial charge on any atom is -0.462 e. The van der Waals surface area contributed by atoms with E-state index in [1.807, 2.05) is 0 Å². The van der Waals surface area contributed by atoms with Crippen LogP contribution in [0, 0.1) is 0 Å². The lowest BCUT2D eigenvalue weighted by atomic mass is 10.0. The molecule has 0 aromatic rings. The van der Waals surface area contributed by atoms with Crippen LogP contribution in [0.1, 0.15) is 361 Å². The van der Waals surface area contributed by atoms with Gasteiger partial charge in [0.25, 0.3) is 0 Å². The molecule has 0 spiro atoms. The van der Waals surface area contributed by atoms with Crippen molar-refractivity contribution in [1.82, 2.24) is 0 Å². The Morgan fingerprint density at radius 1 is 0.380 bits per heavy atom. The third kappa shape index (κ3) is 65.3. The van der Waals surface area contributed by atoms with Crippen molar-refractivity contribution in [3.63, 3.8) is 0 Å². The van der Waals surface area contributed by atoms with Crippen LogP contribution < -0.4 is 5.73 Å². The second kappa shape index (κ2) is 65.4. The van der Waals surface area contributed by atoms with Gasteiger partial charge in [0.05, 0.1) is 13.2 Å². The maximum atomic E-state index is 12.7. The highest BCUT2D eigenvalue weighted by atomic mass is 31.2. The fraction of sp³-hybridized carbons (Fsp3) is 0.884. The summed E-state index contributed by atoms with van der Waals surface area (Å²) in [4.78, 5) is 35.3. The average molecular weight is 1130 g/mol. The van der Waals surface area contributed by atoms with Gasteiger partial charge in [-0.1, -0.05) is 314 Å². The van der Waals surface area contributed by atoms with Gasteiger partial charge in [-0.2, -0.15) is 0 Å². The highest BCUT2D eigenvalue weighted by Crippen LogP contribution is 2.43. The Morgan fingerprint density at radius 2 is 0.658 bits per heavy atom. The van der Waals surface area contributed by atoms with Crippen LogP contribution in [0.5, 0.6) is 0 Å². The maximum absolute atomic E-state index is 12.7. The lowest BCUT2D eigenvalue weighted by molar-refractivity contribution is -0.161. The van der Waals surface area contributed by atoms with Gasteiger partial charge in [0.1, 0.15) is 6.61 Å². The summed E-state index contributed by atoms with van der Waals surface area (Å²) in [6.45, 7) is 3.79. The minimum atomic E-state index is -4.39. The molecule has 466 valence electrons. The number of unbranched alkanes of at least 4 members (excludes halogenated alkanes) is 47. The van der Waals surface area contributed by atoms with E-state index in [9.17, 15) is 19.0 Å². The molecule has 0 aliphatic rings. The van der Waals surface area contributed by atoms with E-state index in [0.29, 0.717) is 6.42 Å². The van der Waals surface area contributed by atoms with E-state index in [1.54, 1.807) is 0 Å². The first kappa shape index (κ1) is 77.2. The van der Waals surface area contributed by atoms with Crippen LogP contribution in [0.15, 0.2) is 36.5 Å². The first-order valence-corrected chi connectivity index (χ1v) is 36.0. The fourth-order valence-corrected chi connectivity index (χ4v) is 11.1. The molecule has 0 aromatic heterocycles. The molecule has 2 unspecified atom stereocenters. The molecular formula is C69H132NO8P. The summed E-state index contributed by atoms with van der Waals surface area (Å²) in [7, 11) is -4.39. The number of rotatable bonds is 66. The van der Waals surface area contributed by atoms with E-state index in [-0.39, 0.29) is 38.6 Å². The van der Waals surface area contributed by atoms with E-state index in [2.05, 4.69) is 50.3 Å². The predicted octanol–water partition coefficient (Wildman–Crippen LogP) is 22.3. The molecule has 2 atom stereocenters. The third-order valence-electron chi connectivity index (χ3n) is 15.5. The van der Waals surface area contributed by atoms with Gasteiger partial charge in [-0.05, 0) is 70.6 Å². The van der Waals surface area contributed by atoms with Crippen molar-refractivity contribution in [3.05, 3.63) is 36.5 Å². The topological polar surface area (TPSA) is 134 Å². The van der Waals surface area contributed by atoms with E-state index < -0.39 is 26.5 Å². The maximum Gasteiger partial charge on any atom is 0.472 e. The van der Waals surface area contributed by atoms with Crippen LogP contribution in [0.3, 0.4) is 0 Å². The van der Waals surface area contributed by atoms with Crippen molar-refractivity contribution in [2.24, 2.45) is 5.73 Å². The number of phosphoric acid groups is 1. The van der Waals surface area contributed by atoms with Crippen molar-refractivity contribution in [3.8, 4) is 0 Å². The molecule has 0 rings (SSSR count). The van der Waals surface area contributed by atoms with Crippen molar-refractivity contribution < 1.29 is 37.6 Å². The van der Waals surface area contributed by atoms with Gasteiger partial charge in [-0.3, -0.25) is 18.6 Å². The highest BCUT2D eigenvalue weighted by Gasteiger charge is 2.26. The monoisotopic (exact) mass is 1130 g/mol. The zero-order valence-electron chi connectivity index (χ0n) is 52.4. The van der Waals surface area contributed by atoms with Gasteiger partial charge >= 0.3 is 19.8 Å². The molecule has 3 N–H and O–H groups in total. The largest absolute Gasteiger partial charge is 0.472 e. The van der Waals surface area contributed by atoms with Crippen LogP contribution in [0.25, 0.3) is 0 Å². The van der Waals surface area contributed by atoms with E-state index in [4.69, 9.17) is 24.3 Å². The SMILES string of the molecule is CCCCCCC/C=C\C/C=C\CCCCCCCCCCCC(=O)OC(COC(=O)CCCCCCCCCCCCCCCCCCCCCCCCCCC/C=C\CCCCCCCCCC)COP(=O)(O)OCCN. The molecule has 0 aromatic carbocycles. The van der Waals surface area contributed by atoms with Crippen molar-refractivity contribution in [2.75, 3.05) is 26.4 Å². The molecule has 0 heterocycles. The summed E-state index contributed by atoms with van der Waals surface area (Å²) in [5.74, 6) is -0.814. The summed E-state index contributed by atoms with van der Waals surface area (Å²) in [5.41, 5.74) is 5.39. The molecule has 0 fully saturated rings. The standard InChI is InChI=1S/C69H132NO8P/c1-3-5-7-9-11-13-15-17-19-21-23-25-26-27-28-29-30-31-32-33-34-35-36-37-38-39-40-42-43-45-47-49-51-53-55-57-59-61-68(71)75-65-67(66-77-79(73,74)76-64-63-70)78-69(72)62-60-58-56-54-52-50-48-46-44-41-24-22-20-18-16-14-12-10-8-6-4-2/h16,18,21-24,67H,3-15,17,19-20,25-66,70H2,1-2H3,(H,73,74)/b18-16-,23-21-,24-22-. The molecule has 0 saturated heterocycles. The number of nitrogens with two attached hydrogens (primary N) is 1. The smallest absolute Gasteiger partial charge is 0.462 e. The van der Waals surface area contributed by atoms with E-state index in [1.165, 1.54) is 276 Å². The van der Waals surface area contributed by atoms with Gasteiger partial charge in [0.15, 0.2) is 6.10 Å². The van der Waals surface area contributed by atoms with Crippen LogP contribution in [0.4, 0.5) is 0 Å². The lowest BCUT2D eigenvalue weighted by Crippen LogP contribution is -2.29. The number of esters is 2. The van der Waals surface area contributed by atoms with E-state index >= 15 is 0 Å². The number of carbonyl (C=O) groups is 2. The zero-order valence-corrected chi connectivity index (χ0v) is 53.3. The summed E-state index contributed by atoms with van der Waals surface area (Å²) in [5, 5.41) is 0. The van der Waals surface area contributed by atoms with Crippen LogP contribution in [-0.2, 0) is 32.7 Å². The summed E-state index contributed by atoms with van der Waals surface area (Å²) >= 11 is 0. The number of ether oxygens (including phenoxy) is 2. The van der Waals surface area contributed by atoms with Crippen LogP contribution in [0.2, 0.25) is 0 Å². The number of hydrogen-bond donors (Lipinski definition) is 2. The Labute approximate surface area is 490 Å². The first-order chi connectivity index (χ1) is 38.8. The number of hydrogen-bond acceptors (Lipinski definition) is 8.